The quantitative estimate of drug-likeness (QED) is 0.0404. The molecule has 1 atom stereocenters. The molecular weight excluding hydrogens is 608 g/mol. The van der Waals surface area contributed by atoms with Gasteiger partial charge in [-0.3, -0.25) is 9.59 Å². The van der Waals surface area contributed by atoms with Gasteiger partial charge in [-0.2, -0.15) is 0 Å². The smallest absolute Gasteiger partial charge is 0.306 e. The lowest BCUT2D eigenvalue weighted by Crippen LogP contribution is -2.28. The molecule has 0 heterocycles. The summed E-state index contributed by atoms with van der Waals surface area (Å²) >= 11 is 0. The van der Waals surface area contributed by atoms with E-state index in [4.69, 9.17) is 9.47 Å². The van der Waals surface area contributed by atoms with Crippen LogP contribution < -0.4 is 0 Å². The van der Waals surface area contributed by atoms with Crippen LogP contribution in [0.25, 0.3) is 0 Å². The largest absolute Gasteiger partial charge is 0.462 e. The summed E-state index contributed by atoms with van der Waals surface area (Å²) in [4.78, 5) is 24.2. The van der Waals surface area contributed by atoms with Crippen molar-refractivity contribution in [3.63, 3.8) is 0 Å². The number of unbranched alkanes of at least 4 members (excludes halogenated alkanes) is 18. The van der Waals surface area contributed by atoms with Crippen LogP contribution in [0.4, 0.5) is 0 Å². The molecule has 0 radical (unpaired) electrons. The number of carbonyl (C=O) groups excluding carboxylic acids is 2. The number of esters is 2. The standard InChI is InChI=1S/C44H76O5/c1-3-5-7-9-11-13-15-17-18-19-20-21-22-23-24-25-26-27-29-31-33-35-37-39-44(47)49-42(40-45)41-48-43(46)38-36-34-32-30-28-16-14-12-10-8-6-4-2/h5,7,11,13,17-18,20-21,23-24,42,45H,3-4,6,8-10,12,14-16,19,22,25-41H2,1-2H3/b7-5-,13-11-,18-17-,21-20-,24-23-. The van der Waals surface area contributed by atoms with E-state index in [2.05, 4.69) is 74.6 Å². The van der Waals surface area contributed by atoms with E-state index < -0.39 is 6.10 Å². The molecule has 5 nitrogen and oxygen atoms in total. The number of aliphatic hydroxyl groups excluding tert-OH is 1. The highest BCUT2D eigenvalue weighted by atomic mass is 16.6. The summed E-state index contributed by atoms with van der Waals surface area (Å²) in [6, 6.07) is 0. The maximum absolute atomic E-state index is 12.2. The van der Waals surface area contributed by atoms with E-state index >= 15 is 0 Å². The number of rotatable bonds is 36. The van der Waals surface area contributed by atoms with E-state index in [1.165, 1.54) is 83.5 Å². The molecule has 49 heavy (non-hydrogen) atoms. The van der Waals surface area contributed by atoms with Crippen LogP contribution >= 0.6 is 0 Å². The predicted molar refractivity (Wildman–Crippen MR) is 210 cm³/mol. The van der Waals surface area contributed by atoms with Crippen LogP contribution in [0.15, 0.2) is 60.8 Å². The van der Waals surface area contributed by atoms with E-state index in [1.807, 2.05) is 0 Å². The molecule has 0 aliphatic heterocycles. The van der Waals surface area contributed by atoms with Gasteiger partial charge in [-0.1, -0.05) is 177 Å². The van der Waals surface area contributed by atoms with E-state index in [0.717, 1.165) is 77.0 Å². The number of aliphatic hydroxyl groups is 1. The van der Waals surface area contributed by atoms with Crippen LogP contribution in [0.3, 0.4) is 0 Å². The summed E-state index contributed by atoms with van der Waals surface area (Å²) in [6.45, 7) is 4.01. The summed E-state index contributed by atoms with van der Waals surface area (Å²) in [6.07, 6.45) is 51.4. The van der Waals surface area contributed by atoms with E-state index in [1.54, 1.807) is 0 Å². The van der Waals surface area contributed by atoms with Crippen LogP contribution in [0.5, 0.6) is 0 Å². The fourth-order valence-electron chi connectivity index (χ4n) is 5.52. The molecule has 0 saturated carbocycles. The molecule has 0 bridgehead atoms. The van der Waals surface area contributed by atoms with Crippen LogP contribution in [0.1, 0.15) is 187 Å². The molecule has 0 aliphatic rings. The maximum atomic E-state index is 12.2. The van der Waals surface area contributed by atoms with Gasteiger partial charge in [0.25, 0.3) is 0 Å². The van der Waals surface area contributed by atoms with E-state index in [9.17, 15) is 14.7 Å². The van der Waals surface area contributed by atoms with Crippen molar-refractivity contribution in [1.82, 2.24) is 0 Å². The molecule has 1 N–H and O–H groups in total. The lowest BCUT2D eigenvalue weighted by atomic mass is 10.0. The SMILES string of the molecule is CC/C=C\C/C=C\C/C=C\C/C=C\C/C=C\CCCCCCCCCC(=O)OC(CO)COC(=O)CCCCCCCCCCCCCC. The van der Waals surface area contributed by atoms with Crippen molar-refractivity contribution in [3.05, 3.63) is 60.8 Å². The normalized spacial score (nSPS) is 12.8. The number of hydrogen-bond acceptors (Lipinski definition) is 5. The third-order valence-electron chi connectivity index (χ3n) is 8.58. The van der Waals surface area contributed by atoms with Crippen LogP contribution in [-0.2, 0) is 19.1 Å². The van der Waals surface area contributed by atoms with Crippen molar-refractivity contribution < 1.29 is 24.2 Å². The molecule has 0 saturated heterocycles. The van der Waals surface area contributed by atoms with Gasteiger partial charge in [0.15, 0.2) is 6.10 Å². The number of allylic oxidation sites excluding steroid dienone is 10. The molecule has 0 amide bonds. The monoisotopic (exact) mass is 685 g/mol. The molecule has 0 spiro atoms. The third-order valence-corrected chi connectivity index (χ3v) is 8.58. The zero-order valence-corrected chi connectivity index (χ0v) is 31.9. The Kier molecular flexibility index (Phi) is 38.1. The topological polar surface area (TPSA) is 72.8 Å². The summed E-state index contributed by atoms with van der Waals surface area (Å²) in [7, 11) is 0. The summed E-state index contributed by atoms with van der Waals surface area (Å²) < 4.78 is 10.6. The average molecular weight is 685 g/mol. The second-order valence-electron chi connectivity index (χ2n) is 13.3. The highest BCUT2D eigenvalue weighted by Gasteiger charge is 2.16. The summed E-state index contributed by atoms with van der Waals surface area (Å²) in [5, 5.41) is 9.55. The zero-order valence-electron chi connectivity index (χ0n) is 31.9. The highest BCUT2D eigenvalue weighted by Crippen LogP contribution is 2.14. The van der Waals surface area contributed by atoms with Gasteiger partial charge in [0.2, 0.25) is 0 Å². The Morgan fingerprint density at radius 2 is 0.878 bits per heavy atom. The van der Waals surface area contributed by atoms with Crippen molar-refractivity contribution in [1.29, 1.82) is 0 Å². The zero-order chi connectivity index (χ0) is 35.7. The molecule has 5 heteroatoms. The Hall–Kier alpha value is -2.40. The Morgan fingerprint density at radius 1 is 0.490 bits per heavy atom. The average Bonchev–Trinajstić information content (AvgIpc) is 3.10. The molecule has 282 valence electrons. The molecule has 0 aromatic rings. The van der Waals surface area contributed by atoms with Crippen LogP contribution in [0.2, 0.25) is 0 Å². The Bertz CT molecular complexity index is 869. The van der Waals surface area contributed by atoms with Gasteiger partial charge in [-0.05, 0) is 57.8 Å². The minimum Gasteiger partial charge on any atom is -0.462 e. The predicted octanol–water partition coefficient (Wildman–Crippen LogP) is 12.8. The van der Waals surface area contributed by atoms with E-state index in [0.29, 0.717) is 12.8 Å². The summed E-state index contributed by atoms with van der Waals surface area (Å²) in [5.41, 5.74) is 0. The number of carbonyl (C=O) groups is 2. The fraction of sp³-hybridized carbons (Fsp3) is 0.727. The van der Waals surface area contributed by atoms with Gasteiger partial charge in [-0.15, -0.1) is 0 Å². The van der Waals surface area contributed by atoms with Gasteiger partial charge in [0.1, 0.15) is 6.61 Å². The molecule has 0 aromatic heterocycles. The Morgan fingerprint density at radius 3 is 1.33 bits per heavy atom. The first-order valence-corrected chi connectivity index (χ1v) is 20.3. The van der Waals surface area contributed by atoms with Gasteiger partial charge in [0, 0.05) is 12.8 Å². The minimum absolute atomic E-state index is 0.0705. The second kappa shape index (κ2) is 40.0. The van der Waals surface area contributed by atoms with Crippen molar-refractivity contribution >= 4 is 11.9 Å². The first-order valence-electron chi connectivity index (χ1n) is 20.3. The van der Waals surface area contributed by atoms with Gasteiger partial charge in [-0.25, -0.2) is 0 Å². The Balaban J connectivity index is 3.59. The molecular formula is C44H76O5. The van der Waals surface area contributed by atoms with Crippen molar-refractivity contribution in [3.8, 4) is 0 Å². The fourth-order valence-corrected chi connectivity index (χ4v) is 5.52. The molecule has 0 aliphatic carbocycles. The highest BCUT2D eigenvalue weighted by molar-refractivity contribution is 5.70. The molecule has 0 fully saturated rings. The van der Waals surface area contributed by atoms with Crippen LogP contribution in [0, 0.1) is 0 Å². The van der Waals surface area contributed by atoms with Gasteiger partial charge < -0.3 is 14.6 Å². The van der Waals surface area contributed by atoms with Crippen molar-refractivity contribution in [2.75, 3.05) is 13.2 Å². The molecule has 0 aromatic carbocycles. The molecule has 0 rings (SSSR count). The lowest BCUT2D eigenvalue weighted by molar-refractivity contribution is -0.161. The van der Waals surface area contributed by atoms with Gasteiger partial charge >= 0.3 is 11.9 Å². The van der Waals surface area contributed by atoms with Gasteiger partial charge in [0.05, 0.1) is 6.61 Å². The number of hydrogen-bond donors (Lipinski definition) is 1. The van der Waals surface area contributed by atoms with Crippen LogP contribution in [-0.4, -0.2) is 36.4 Å². The van der Waals surface area contributed by atoms with E-state index in [-0.39, 0.29) is 25.2 Å². The third kappa shape index (κ3) is 38.3. The molecule has 1 unspecified atom stereocenters. The minimum atomic E-state index is -0.776. The maximum Gasteiger partial charge on any atom is 0.306 e. The summed E-state index contributed by atoms with van der Waals surface area (Å²) in [5.74, 6) is -0.604. The van der Waals surface area contributed by atoms with Crippen molar-refractivity contribution in [2.24, 2.45) is 0 Å². The lowest BCUT2D eigenvalue weighted by Gasteiger charge is -2.15. The first-order chi connectivity index (χ1) is 24.1. The second-order valence-corrected chi connectivity index (χ2v) is 13.3. The van der Waals surface area contributed by atoms with Crippen molar-refractivity contribution in [2.45, 2.75) is 193 Å². The first kappa shape index (κ1) is 46.6. The Labute approximate surface area is 302 Å². The number of ether oxygens (including phenoxy) is 2.